The van der Waals surface area contributed by atoms with Gasteiger partial charge >= 0.3 is 0 Å². The zero-order valence-corrected chi connectivity index (χ0v) is 19.0. The number of piperidine rings is 1. The predicted molar refractivity (Wildman–Crippen MR) is 121 cm³/mol. The number of halogens is 1. The van der Waals surface area contributed by atoms with Crippen molar-refractivity contribution < 1.29 is 4.74 Å². The summed E-state index contributed by atoms with van der Waals surface area (Å²) in [5.74, 6) is 2.60. The van der Waals surface area contributed by atoms with Crippen LogP contribution in [0, 0.1) is 5.92 Å². The summed E-state index contributed by atoms with van der Waals surface area (Å²) in [7, 11) is 3.95. The topological polar surface area (TPSA) is 40.1 Å². The van der Waals surface area contributed by atoms with E-state index in [0.29, 0.717) is 12.5 Å². The van der Waals surface area contributed by atoms with E-state index in [9.17, 15) is 0 Å². The van der Waals surface area contributed by atoms with Crippen LogP contribution in [0.25, 0.3) is 0 Å². The van der Waals surface area contributed by atoms with E-state index in [1.807, 2.05) is 26.1 Å². The Morgan fingerprint density at radius 2 is 2.04 bits per heavy atom. The first kappa shape index (κ1) is 23.0. The predicted octanol–water partition coefficient (Wildman–Crippen LogP) is 3.44. The molecule has 0 amide bonds. The molecule has 1 aliphatic heterocycles. The highest BCUT2D eigenvalue weighted by Crippen LogP contribution is 2.16. The molecule has 1 heterocycles. The number of ether oxygens (including phenoxy) is 1. The Balaban J connectivity index is 0.00000338. The summed E-state index contributed by atoms with van der Waals surface area (Å²) >= 11 is 0. The molecule has 0 radical (unpaired) electrons. The van der Waals surface area contributed by atoms with Crippen LogP contribution in [0.5, 0.6) is 5.75 Å². The van der Waals surface area contributed by atoms with E-state index in [0.717, 1.165) is 31.3 Å². The molecule has 5 nitrogen and oxygen atoms in total. The molecular weight excluding hydrogens is 439 g/mol. The highest BCUT2D eigenvalue weighted by atomic mass is 127. The van der Waals surface area contributed by atoms with Gasteiger partial charge in [-0.05, 0) is 56.5 Å². The van der Waals surface area contributed by atoms with E-state index in [1.54, 1.807) is 0 Å². The second-order valence-corrected chi connectivity index (χ2v) is 6.76. The monoisotopic (exact) mass is 474 g/mol. The third-order valence-electron chi connectivity index (χ3n) is 4.83. The Kier molecular flexibility index (Phi) is 11.0. The fourth-order valence-corrected chi connectivity index (χ4v) is 3.43. The zero-order valence-electron chi connectivity index (χ0n) is 16.7. The number of benzene rings is 1. The van der Waals surface area contributed by atoms with E-state index in [4.69, 9.17) is 4.74 Å². The van der Waals surface area contributed by atoms with Gasteiger partial charge in [-0.3, -0.25) is 4.99 Å². The van der Waals surface area contributed by atoms with Crippen molar-refractivity contribution in [2.75, 3.05) is 46.9 Å². The van der Waals surface area contributed by atoms with Crippen LogP contribution < -0.4 is 10.1 Å². The van der Waals surface area contributed by atoms with Crippen LogP contribution in [0.1, 0.15) is 32.3 Å². The second kappa shape index (κ2) is 12.4. The highest BCUT2D eigenvalue weighted by Gasteiger charge is 2.19. The lowest BCUT2D eigenvalue weighted by molar-refractivity contribution is 0.183. The summed E-state index contributed by atoms with van der Waals surface area (Å²) in [5.41, 5.74) is 1.25. The molecule has 0 saturated carbocycles. The number of rotatable bonds is 7. The maximum atomic E-state index is 5.50. The van der Waals surface area contributed by atoms with Gasteiger partial charge in [0.2, 0.25) is 0 Å². The summed E-state index contributed by atoms with van der Waals surface area (Å²) in [6.45, 7) is 10.4. The lowest BCUT2D eigenvalue weighted by Gasteiger charge is -2.33. The third kappa shape index (κ3) is 7.31. The summed E-state index contributed by atoms with van der Waals surface area (Å²) in [4.78, 5) is 9.17. The van der Waals surface area contributed by atoms with Crippen molar-refractivity contribution >= 4 is 29.9 Å². The van der Waals surface area contributed by atoms with Crippen LogP contribution >= 0.6 is 24.0 Å². The van der Waals surface area contributed by atoms with Gasteiger partial charge in [-0.1, -0.05) is 19.1 Å². The van der Waals surface area contributed by atoms with Gasteiger partial charge in [-0.25, -0.2) is 0 Å². The number of aliphatic imine (C=N–C) groups is 1. The number of nitrogens with zero attached hydrogens (tertiary/aromatic N) is 3. The summed E-state index contributed by atoms with van der Waals surface area (Å²) in [6.07, 6.45) is 2.61. The fourth-order valence-electron chi connectivity index (χ4n) is 3.43. The first-order valence-corrected chi connectivity index (χ1v) is 9.52. The molecule has 1 aromatic rings. The van der Waals surface area contributed by atoms with E-state index in [-0.39, 0.29) is 24.0 Å². The van der Waals surface area contributed by atoms with Gasteiger partial charge in [0.05, 0.1) is 6.61 Å². The van der Waals surface area contributed by atoms with Crippen molar-refractivity contribution in [2.45, 2.75) is 33.2 Å². The minimum absolute atomic E-state index is 0. The molecule has 1 N–H and O–H groups in total. The smallest absolute Gasteiger partial charge is 0.193 e. The largest absolute Gasteiger partial charge is 0.494 e. The van der Waals surface area contributed by atoms with Gasteiger partial charge in [0.25, 0.3) is 0 Å². The Morgan fingerprint density at radius 3 is 2.65 bits per heavy atom. The highest BCUT2D eigenvalue weighted by molar-refractivity contribution is 14.0. The van der Waals surface area contributed by atoms with Gasteiger partial charge in [0, 0.05) is 33.7 Å². The van der Waals surface area contributed by atoms with Gasteiger partial charge in [-0.2, -0.15) is 0 Å². The number of hydrogen-bond acceptors (Lipinski definition) is 3. The molecule has 0 spiro atoms. The van der Waals surface area contributed by atoms with Crippen LogP contribution in [-0.2, 0) is 6.54 Å². The molecule has 0 aliphatic carbocycles. The van der Waals surface area contributed by atoms with Gasteiger partial charge in [0.15, 0.2) is 5.96 Å². The number of likely N-dealkylation sites (tertiary alicyclic amines) is 1. The Morgan fingerprint density at radius 1 is 1.31 bits per heavy atom. The average molecular weight is 474 g/mol. The molecule has 0 aromatic heterocycles. The summed E-state index contributed by atoms with van der Waals surface area (Å²) < 4.78 is 5.50. The van der Waals surface area contributed by atoms with Crippen LogP contribution in [0.4, 0.5) is 0 Å². The van der Waals surface area contributed by atoms with E-state index in [2.05, 4.69) is 46.2 Å². The quantitative estimate of drug-likeness (QED) is 0.374. The molecule has 6 heteroatoms. The molecule has 148 valence electrons. The minimum atomic E-state index is 0. The van der Waals surface area contributed by atoms with E-state index in [1.165, 1.54) is 31.5 Å². The fraction of sp³-hybridized carbons (Fsp3) is 0.650. The van der Waals surface area contributed by atoms with Crippen molar-refractivity contribution in [1.82, 2.24) is 15.1 Å². The average Bonchev–Trinajstić information content (AvgIpc) is 2.64. The van der Waals surface area contributed by atoms with Crippen molar-refractivity contribution in [3.63, 3.8) is 0 Å². The molecular formula is C20H35IN4O. The van der Waals surface area contributed by atoms with Gasteiger partial charge in [-0.15, -0.1) is 24.0 Å². The van der Waals surface area contributed by atoms with Crippen molar-refractivity contribution in [3.05, 3.63) is 29.8 Å². The van der Waals surface area contributed by atoms with E-state index >= 15 is 0 Å². The molecule has 0 bridgehead atoms. The molecule has 26 heavy (non-hydrogen) atoms. The molecule has 2 rings (SSSR count). The lowest BCUT2D eigenvalue weighted by atomic mass is 9.98. The third-order valence-corrected chi connectivity index (χ3v) is 4.83. The van der Waals surface area contributed by atoms with Crippen LogP contribution in [0.3, 0.4) is 0 Å². The number of nitrogens with one attached hydrogen (secondary N) is 1. The minimum Gasteiger partial charge on any atom is -0.494 e. The van der Waals surface area contributed by atoms with Crippen molar-refractivity contribution in [3.8, 4) is 5.75 Å². The molecule has 1 saturated heterocycles. The Labute approximate surface area is 176 Å². The maximum absolute atomic E-state index is 5.50. The van der Waals surface area contributed by atoms with Gasteiger partial charge in [0.1, 0.15) is 5.75 Å². The Hall–Kier alpha value is -1.02. The SMILES string of the molecule is CCOc1ccc(CN(C)C(=NC)NCC2CCCN(CC)C2)cc1.I. The maximum Gasteiger partial charge on any atom is 0.193 e. The number of hydrogen-bond donors (Lipinski definition) is 1. The van der Waals surface area contributed by atoms with Gasteiger partial charge < -0.3 is 19.9 Å². The summed E-state index contributed by atoms with van der Waals surface area (Å²) in [5, 5.41) is 3.56. The zero-order chi connectivity index (χ0) is 18.1. The van der Waals surface area contributed by atoms with Crippen LogP contribution in [0.2, 0.25) is 0 Å². The lowest BCUT2D eigenvalue weighted by Crippen LogP contribution is -2.44. The van der Waals surface area contributed by atoms with Crippen molar-refractivity contribution in [2.24, 2.45) is 10.9 Å². The van der Waals surface area contributed by atoms with Crippen LogP contribution in [0.15, 0.2) is 29.3 Å². The normalized spacial score (nSPS) is 18.2. The first-order valence-electron chi connectivity index (χ1n) is 9.52. The van der Waals surface area contributed by atoms with Crippen molar-refractivity contribution in [1.29, 1.82) is 0 Å². The standard InChI is InChI=1S/C20H34N4O.HI/c1-5-24-13-7-8-18(16-24)14-22-20(21-3)23(4)15-17-9-11-19(12-10-17)25-6-2;/h9-12,18H,5-8,13-16H2,1-4H3,(H,21,22);1H. The number of guanidine groups is 1. The Bertz CT molecular complexity index is 535. The van der Waals surface area contributed by atoms with E-state index < -0.39 is 0 Å². The molecule has 1 aliphatic rings. The molecule has 1 atom stereocenters. The van der Waals surface area contributed by atoms with Crippen LogP contribution in [-0.4, -0.2) is 62.6 Å². The second-order valence-electron chi connectivity index (χ2n) is 6.76. The first-order chi connectivity index (χ1) is 12.2. The summed E-state index contributed by atoms with van der Waals surface area (Å²) in [6, 6.07) is 8.30. The molecule has 1 fully saturated rings. The molecule has 1 unspecified atom stereocenters. The molecule has 1 aromatic carbocycles.